The molecule has 1 atom stereocenters. The molecule has 8 nitrogen and oxygen atoms in total. The largest absolute Gasteiger partial charge is 0.466 e. The Balaban J connectivity index is 1.83. The lowest BCUT2D eigenvalue weighted by Gasteiger charge is -2.31. The second kappa shape index (κ2) is 10.0. The van der Waals surface area contributed by atoms with Gasteiger partial charge in [0.25, 0.3) is 0 Å². The number of aliphatic hydroxyl groups is 1. The third kappa shape index (κ3) is 7.97. The molecule has 1 aliphatic carbocycles. The molecule has 1 aromatic heterocycles. The van der Waals surface area contributed by atoms with Crippen LogP contribution in [0.5, 0.6) is 0 Å². The molecule has 1 aliphatic rings. The Bertz CT molecular complexity index is 657. The van der Waals surface area contributed by atoms with Crippen molar-refractivity contribution in [3.05, 3.63) is 24.2 Å². The number of rotatable bonds is 6. The molecule has 1 amide bonds. The first-order valence-electron chi connectivity index (χ1n) is 10.4. The maximum atomic E-state index is 11.9. The first-order chi connectivity index (χ1) is 13.6. The molecule has 1 aromatic rings. The lowest BCUT2D eigenvalue weighted by molar-refractivity contribution is 0.0436. The average molecular weight is 409 g/mol. The SMILES string of the molecule is CCNC(=NCC(C)(O)c1ccco1)NC1CCC(NC(=O)OC(C)(C)C)CC1. The number of alkyl carbamates (subject to hydrolysis) is 1. The van der Waals surface area contributed by atoms with E-state index in [9.17, 15) is 9.90 Å². The number of carbonyl (C=O) groups is 1. The summed E-state index contributed by atoms with van der Waals surface area (Å²) in [5.41, 5.74) is -1.66. The molecule has 29 heavy (non-hydrogen) atoms. The van der Waals surface area contributed by atoms with Gasteiger partial charge in [0.1, 0.15) is 17.0 Å². The monoisotopic (exact) mass is 408 g/mol. The number of aliphatic imine (C=N–C) groups is 1. The minimum absolute atomic E-state index is 0.127. The second-order valence-corrected chi connectivity index (χ2v) is 8.79. The molecule has 2 rings (SSSR count). The number of furan rings is 1. The quantitative estimate of drug-likeness (QED) is 0.426. The highest BCUT2D eigenvalue weighted by Gasteiger charge is 2.27. The van der Waals surface area contributed by atoms with E-state index in [1.165, 1.54) is 0 Å². The van der Waals surface area contributed by atoms with Gasteiger partial charge in [0.2, 0.25) is 0 Å². The maximum Gasteiger partial charge on any atom is 0.407 e. The molecule has 0 aliphatic heterocycles. The third-order valence-corrected chi connectivity index (χ3v) is 4.73. The molecular weight excluding hydrogens is 372 g/mol. The fourth-order valence-corrected chi connectivity index (χ4v) is 3.27. The van der Waals surface area contributed by atoms with E-state index >= 15 is 0 Å². The summed E-state index contributed by atoms with van der Waals surface area (Å²) in [4.78, 5) is 16.5. The average Bonchev–Trinajstić information content (AvgIpc) is 3.15. The third-order valence-electron chi connectivity index (χ3n) is 4.73. The highest BCUT2D eigenvalue weighted by molar-refractivity contribution is 5.80. The zero-order valence-corrected chi connectivity index (χ0v) is 18.2. The van der Waals surface area contributed by atoms with Crippen LogP contribution >= 0.6 is 0 Å². The van der Waals surface area contributed by atoms with E-state index < -0.39 is 11.2 Å². The van der Waals surface area contributed by atoms with Crippen molar-refractivity contribution in [2.75, 3.05) is 13.1 Å². The summed E-state index contributed by atoms with van der Waals surface area (Å²) < 4.78 is 10.6. The van der Waals surface area contributed by atoms with Gasteiger partial charge in [-0.2, -0.15) is 0 Å². The van der Waals surface area contributed by atoms with Crippen molar-refractivity contribution in [3.63, 3.8) is 0 Å². The summed E-state index contributed by atoms with van der Waals surface area (Å²) in [6.45, 7) is 10.2. The molecular formula is C21H36N4O4. The van der Waals surface area contributed by atoms with Crippen molar-refractivity contribution in [3.8, 4) is 0 Å². The van der Waals surface area contributed by atoms with E-state index in [1.54, 1.807) is 25.3 Å². The number of guanidine groups is 1. The molecule has 0 spiro atoms. The van der Waals surface area contributed by atoms with E-state index in [4.69, 9.17) is 9.15 Å². The number of nitrogens with zero attached hydrogens (tertiary/aromatic N) is 1. The van der Waals surface area contributed by atoms with Crippen LogP contribution in [0.25, 0.3) is 0 Å². The van der Waals surface area contributed by atoms with E-state index in [-0.39, 0.29) is 24.7 Å². The molecule has 1 fully saturated rings. The van der Waals surface area contributed by atoms with Gasteiger partial charge in [-0.3, -0.25) is 0 Å². The van der Waals surface area contributed by atoms with Crippen LogP contribution in [0.4, 0.5) is 4.79 Å². The van der Waals surface area contributed by atoms with Gasteiger partial charge in [-0.15, -0.1) is 0 Å². The summed E-state index contributed by atoms with van der Waals surface area (Å²) in [6, 6.07) is 3.88. The van der Waals surface area contributed by atoms with Gasteiger partial charge >= 0.3 is 6.09 Å². The smallest absolute Gasteiger partial charge is 0.407 e. The molecule has 0 bridgehead atoms. The topological polar surface area (TPSA) is 108 Å². The highest BCUT2D eigenvalue weighted by Crippen LogP contribution is 2.22. The first kappa shape index (κ1) is 23.1. The van der Waals surface area contributed by atoms with E-state index in [2.05, 4.69) is 20.9 Å². The molecule has 8 heteroatoms. The zero-order valence-electron chi connectivity index (χ0n) is 18.2. The lowest BCUT2D eigenvalue weighted by Crippen LogP contribution is -2.48. The van der Waals surface area contributed by atoms with Crippen molar-refractivity contribution in [1.82, 2.24) is 16.0 Å². The maximum absolute atomic E-state index is 11.9. The van der Waals surface area contributed by atoms with Crippen LogP contribution in [-0.2, 0) is 10.3 Å². The van der Waals surface area contributed by atoms with Crippen LogP contribution in [0, 0.1) is 0 Å². The molecule has 164 valence electrons. The summed E-state index contributed by atoms with van der Waals surface area (Å²) in [6.07, 6.45) is 4.77. The van der Waals surface area contributed by atoms with E-state index in [0.29, 0.717) is 11.7 Å². The van der Waals surface area contributed by atoms with Gasteiger partial charge in [-0.25, -0.2) is 9.79 Å². The lowest BCUT2D eigenvalue weighted by atomic mass is 9.91. The fourth-order valence-electron chi connectivity index (χ4n) is 3.27. The van der Waals surface area contributed by atoms with Crippen molar-refractivity contribution < 1.29 is 19.1 Å². The van der Waals surface area contributed by atoms with Crippen molar-refractivity contribution in [2.45, 2.75) is 83.6 Å². The summed E-state index contributed by atoms with van der Waals surface area (Å²) >= 11 is 0. The van der Waals surface area contributed by atoms with Crippen molar-refractivity contribution >= 4 is 12.1 Å². The van der Waals surface area contributed by atoms with E-state index in [1.807, 2.05) is 27.7 Å². The predicted molar refractivity (Wildman–Crippen MR) is 113 cm³/mol. The molecule has 0 aromatic carbocycles. The summed E-state index contributed by atoms with van der Waals surface area (Å²) in [7, 11) is 0. The van der Waals surface area contributed by atoms with Crippen LogP contribution in [0.15, 0.2) is 27.8 Å². The Labute approximate surface area is 173 Å². The van der Waals surface area contributed by atoms with Gasteiger partial charge < -0.3 is 30.2 Å². The van der Waals surface area contributed by atoms with Gasteiger partial charge in [0.05, 0.1) is 12.8 Å². The van der Waals surface area contributed by atoms with Crippen LogP contribution in [0.2, 0.25) is 0 Å². The molecule has 1 saturated carbocycles. The Morgan fingerprint density at radius 3 is 2.34 bits per heavy atom. The number of amides is 1. The predicted octanol–water partition coefficient (Wildman–Crippen LogP) is 2.88. The van der Waals surface area contributed by atoms with Crippen LogP contribution < -0.4 is 16.0 Å². The Hall–Kier alpha value is -2.22. The number of hydrogen-bond donors (Lipinski definition) is 4. The van der Waals surface area contributed by atoms with Gasteiger partial charge in [-0.1, -0.05) is 0 Å². The minimum atomic E-state index is -1.17. The molecule has 0 radical (unpaired) electrons. The first-order valence-corrected chi connectivity index (χ1v) is 10.4. The Kier molecular flexibility index (Phi) is 7.96. The van der Waals surface area contributed by atoms with Crippen LogP contribution in [-0.4, -0.2) is 47.9 Å². The number of ether oxygens (including phenoxy) is 1. The normalized spacial score (nSPS) is 22.5. The Morgan fingerprint density at radius 2 is 1.83 bits per heavy atom. The van der Waals surface area contributed by atoms with Gasteiger partial charge in [0.15, 0.2) is 5.96 Å². The molecule has 1 heterocycles. The number of hydrogen-bond acceptors (Lipinski definition) is 5. The second-order valence-electron chi connectivity index (χ2n) is 8.79. The molecule has 0 saturated heterocycles. The highest BCUT2D eigenvalue weighted by atomic mass is 16.6. The number of carbonyl (C=O) groups excluding carboxylic acids is 1. The molecule has 4 N–H and O–H groups in total. The van der Waals surface area contributed by atoms with Crippen LogP contribution in [0.3, 0.4) is 0 Å². The number of nitrogens with one attached hydrogen (secondary N) is 3. The van der Waals surface area contributed by atoms with Gasteiger partial charge in [-0.05, 0) is 72.4 Å². The van der Waals surface area contributed by atoms with Crippen LogP contribution in [0.1, 0.15) is 66.1 Å². The van der Waals surface area contributed by atoms with Gasteiger partial charge in [0, 0.05) is 18.6 Å². The van der Waals surface area contributed by atoms with Crippen molar-refractivity contribution in [1.29, 1.82) is 0 Å². The zero-order chi connectivity index (χ0) is 21.5. The Morgan fingerprint density at radius 1 is 1.21 bits per heavy atom. The van der Waals surface area contributed by atoms with Crippen molar-refractivity contribution in [2.24, 2.45) is 4.99 Å². The summed E-state index contributed by atoms with van der Waals surface area (Å²) in [5, 5.41) is 20.2. The standard InChI is InChI=1S/C21H36N4O4/c1-6-22-18(23-14-21(5,27)17-8-7-13-28-17)24-15-9-11-16(12-10-15)25-19(26)29-20(2,3)4/h7-8,13,15-16,27H,6,9-12,14H2,1-5H3,(H,25,26)(H2,22,23,24). The fraction of sp³-hybridized carbons (Fsp3) is 0.714. The summed E-state index contributed by atoms with van der Waals surface area (Å²) in [5.74, 6) is 1.16. The minimum Gasteiger partial charge on any atom is -0.466 e. The molecule has 1 unspecified atom stereocenters. The van der Waals surface area contributed by atoms with E-state index in [0.717, 1.165) is 32.2 Å².